The van der Waals surface area contributed by atoms with Crippen molar-refractivity contribution in [2.75, 3.05) is 13.6 Å². The Labute approximate surface area is 195 Å². The quantitative estimate of drug-likeness (QED) is 0.667. The van der Waals surface area contributed by atoms with Gasteiger partial charge >= 0.3 is 6.09 Å². The molecule has 0 spiro atoms. The number of carbonyl (C=O) groups is 1. The number of likely N-dealkylation sites (tertiary alicyclic amines) is 1. The van der Waals surface area contributed by atoms with Crippen LogP contribution in [0.5, 0.6) is 0 Å². The highest BCUT2D eigenvalue weighted by molar-refractivity contribution is 6.35. The molecule has 3 rings (SSSR count). The molecule has 1 aromatic carbocycles. The Morgan fingerprint density at radius 1 is 1.36 bits per heavy atom. The van der Waals surface area contributed by atoms with E-state index in [0.29, 0.717) is 41.2 Å². The number of allylic oxidation sites excluding steroid dienone is 1. The molecule has 2 aliphatic rings. The first kappa shape index (κ1) is 23.9. The molecule has 0 aliphatic carbocycles. The van der Waals surface area contributed by atoms with Gasteiger partial charge in [0.25, 0.3) is 0 Å². The van der Waals surface area contributed by atoms with E-state index < -0.39 is 17.6 Å². The molecule has 2 heterocycles. The highest BCUT2D eigenvalue weighted by atomic mass is 16.6. The number of aliphatic imine (C=N–C) groups is 1. The fraction of sp³-hybridized carbons (Fsp3) is 0.417. The van der Waals surface area contributed by atoms with Gasteiger partial charge in [0.15, 0.2) is 0 Å². The summed E-state index contributed by atoms with van der Waals surface area (Å²) in [6.45, 7) is 6.02. The summed E-state index contributed by atoms with van der Waals surface area (Å²) in [7, 11) is 3.51. The second kappa shape index (κ2) is 9.42. The SMILES string of the molecule is Bc1c(C#N)cccc1C1C(C#N)=C(C2CCCN2C(=O)OC(C)(C)C)NC(=N/C)/C1=C\N. The van der Waals surface area contributed by atoms with Gasteiger partial charge in [-0.3, -0.25) is 9.89 Å². The summed E-state index contributed by atoms with van der Waals surface area (Å²) in [6.07, 6.45) is 2.52. The molecule has 33 heavy (non-hydrogen) atoms. The average Bonchev–Trinajstić information content (AvgIpc) is 3.26. The minimum atomic E-state index is -0.625. The smallest absolute Gasteiger partial charge is 0.410 e. The van der Waals surface area contributed by atoms with Crippen LogP contribution in [-0.4, -0.2) is 49.9 Å². The number of ether oxygens (including phenoxy) is 1. The van der Waals surface area contributed by atoms with Crippen molar-refractivity contribution < 1.29 is 9.53 Å². The van der Waals surface area contributed by atoms with E-state index >= 15 is 0 Å². The number of hydrogen-bond acceptors (Lipinski definition) is 6. The number of amidine groups is 1. The highest BCUT2D eigenvalue weighted by Crippen LogP contribution is 2.39. The molecule has 170 valence electrons. The molecule has 0 saturated carbocycles. The maximum atomic E-state index is 12.9. The highest BCUT2D eigenvalue weighted by Gasteiger charge is 2.41. The minimum absolute atomic E-state index is 0.354. The van der Waals surface area contributed by atoms with E-state index in [1.807, 2.05) is 34.7 Å². The third kappa shape index (κ3) is 4.59. The number of benzene rings is 1. The van der Waals surface area contributed by atoms with Gasteiger partial charge in [0, 0.05) is 30.9 Å². The molecule has 1 aromatic rings. The Balaban J connectivity index is 2.19. The Hall–Kier alpha value is -3.72. The van der Waals surface area contributed by atoms with Gasteiger partial charge in [-0.15, -0.1) is 0 Å². The van der Waals surface area contributed by atoms with Crippen molar-refractivity contribution in [3.8, 4) is 12.1 Å². The van der Waals surface area contributed by atoms with Gasteiger partial charge in [-0.25, -0.2) is 4.79 Å². The number of nitriles is 2. The van der Waals surface area contributed by atoms with Crippen LogP contribution in [-0.2, 0) is 4.74 Å². The largest absolute Gasteiger partial charge is 0.444 e. The standard InChI is InChI=1S/C24H29BN6O2/c1-24(2,3)33-23(32)31-10-6-9-18(31)21-16(12-27)19(17(13-28)22(29-4)30-21)15-8-5-7-14(11-26)20(15)25/h5,7-8,13,18-19H,6,9-10,25,28H2,1-4H3,(H,29,30)/b17-13-. The average molecular weight is 444 g/mol. The fourth-order valence-electron chi connectivity index (χ4n) is 4.48. The molecule has 0 aromatic heterocycles. The lowest BCUT2D eigenvalue weighted by molar-refractivity contribution is 0.0246. The van der Waals surface area contributed by atoms with Crippen LogP contribution in [0.3, 0.4) is 0 Å². The van der Waals surface area contributed by atoms with Gasteiger partial charge in [0.2, 0.25) is 0 Å². The van der Waals surface area contributed by atoms with Crippen LogP contribution in [0.25, 0.3) is 0 Å². The molecule has 8 nitrogen and oxygen atoms in total. The number of nitrogens with two attached hydrogens (primary N) is 1. The lowest BCUT2D eigenvalue weighted by Crippen LogP contribution is -2.47. The zero-order valence-corrected chi connectivity index (χ0v) is 19.8. The molecule has 0 radical (unpaired) electrons. The number of rotatable bonds is 2. The van der Waals surface area contributed by atoms with Crippen LogP contribution in [0.2, 0.25) is 0 Å². The first-order valence-electron chi connectivity index (χ1n) is 11.0. The van der Waals surface area contributed by atoms with Crippen LogP contribution in [0, 0.1) is 22.7 Å². The zero-order chi connectivity index (χ0) is 24.3. The van der Waals surface area contributed by atoms with Crippen LogP contribution in [0.15, 0.2) is 46.2 Å². The number of hydrogen-bond donors (Lipinski definition) is 2. The van der Waals surface area contributed by atoms with E-state index in [1.165, 1.54) is 6.20 Å². The summed E-state index contributed by atoms with van der Waals surface area (Å²) in [5, 5.41) is 23.1. The molecule has 1 saturated heterocycles. The van der Waals surface area contributed by atoms with Crippen LogP contribution in [0.4, 0.5) is 4.79 Å². The minimum Gasteiger partial charge on any atom is -0.444 e. The van der Waals surface area contributed by atoms with Gasteiger partial charge in [-0.05, 0) is 45.2 Å². The maximum absolute atomic E-state index is 12.9. The number of carbonyl (C=O) groups excluding carboxylic acids is 1. The molecule has 2 unspecified atom stereocenters. The van der Waals surface area contributed by atoms with E-state index in [-0.39, 0.29) is 6.04 Å². The predicted molar refractivity (Wildman–Crippen MR) is 129 cm³/mol. The molecular formula is C24H29BN6O2. The van der Waals surface area contributed by atoms with Crippen molar-refractivity contribution >= 4 is 25.2 Å². The Bertz CT molecular complexity index is 1130. The van der Waals surface area contributed by atoms with Crippen LogP contribution < -0.4 is 16.5 Å². The molecular weight excluding hydrogens is 415 g/mol. The van der Waals surface area contributed by atoms with Crippen molar-refractivity contribution in [3.63, 3.8) is 0 Å². The lowest BCUT2D eigenvalue weighted by Gasteiger charge is -2.36. The summed E-state index contributed by atoms with van der Waals surface area (Å²) in [4.78, 5) is 19.0. The molecule has 3 N–H and O–H groups in total. The molecule has 2 atom stereocenters. The second-order valence-corrected chi connectivity index (χ2v) is 9.15. The van der Waals surface area contributed by atoms with E-state index in [2.05, 4.69) is 22.4 Å². The van der Waals surface area contributed by atoms with Crippen molar-refractivity contribution in [3.05, 3.63) is 52.4 Å². The zero-order valence-electron chi connectivity index (χ0n) is 19.8. The topological polar surface area (TPSA) is 128 Å². The third-order valence-electron chi connectivity index (χ3n) is 5.96. The summed E-state index contributed by atoms with van der Waals surface area (Å²) >= 11 is 0. The maximum Gasteiger partial charge on any atom is 0.410 e. The molecule has 0 bridgehead atoms. The summed E-state index contributed by atoms with van der Waals surface area (Å²) < 4.78 is 5.62. The van der Waals surface area contributed by atoms with Crippen LogP contribution in [0.1, 0.15) is 50.7 Å². The fourth-order valence-corrected chi connectivity index (χ4v) is 4.48. The Morgan fingerprint density at radius 2 is 2.09 bits per heavy atom. The predicted octanol–water partition coefficient (Wildman–Crippen LogP) is 1.55. The molecule has 2 aliphatic heterocycles. The van der Waals surface area contributed by atoms with E-state index in [9.17, 15) is 15.3 Å². The Kier molecular flexibility index (Phi) is 6.83. The van der Waals surface area contributed by atoms with Gasteiger partial charge in [0.1, 0.15) is 19.3 Å². The van der Waals surface area contributed by atoms with Gasteiger partial charge < -0.3 is 15.8 Å². The van der Waals surface area contributed by atoms with Gasteiger partial charge in [0.05, 0.1) is 35.4 Å². The summed E-state index contributed by atoms with van der Waals surface area (Å²) in [6, 6.07) is 9.67. The van der Waals surface area contributed by atoms with E-state index in [1.54, 1.807) is 24.1 Å². The van der Waals surface area contributed by atoms with E-state index in [4.69, 9.17) is 10.5 Å². The number of amides is 1. The summed E-state index contributed by atoms with van der Waals surface area (Å²) in [5.74, 6) is 0.0265. The second-order valence-electron chi connectivity index (χ2n) is 9.15. The normalized spacial score (nSPS) is 23.3. The number of nitrogens with zero attached hydrogens (tertiary/aromatic N) is 4. The lowest BCUT2D eigenvalue weighted by atomic mass is 9.73. The van der Waals surface area contributed by atoms with Crippen LogP contribution >= 0.6 is 0 Å². The van der Waals surface area contributed by atoms with Crippen molar-refractivity contribution in [1.29, 1.82) is 10.5 Å². The third-order valence-corrected chi connectivity index (χ3v) is 5.96. The van der Waals surface area contributed by atoms with E-state index in [0.717, 1.165) is 17.4 Å². The molecule has 1 amide bonds. The van der Waals surface area contributed by atoms with Gasteiger partial charge in [-0.2, -0.15) is 10.5 Å². The van der Waals surface area contributed by atoms with Crippen molar-refractivity contribution in [2.45, 2.75) is 51.2 Å². The first-order valence-corrected chi connectivity index (χ1v) is 11.0. The summed E-state index contributed by atoms with van der Waals surface area (Å²) in [5.41, 5.74) is 9.25. The number of nitrogens with one attached hydrogen (secondary N) is 1. The van der Waals surface area contributed by atoms with Gasteiger partial charge in [-0.1, -0.05) is 17.6 Å². The first-order chi connectivity index (χ1) is 15.7. The monoisotopic (exact) mass is 444 g/mol. The Morgan fingerprint density at radius 3 is 2.67 bits per heavy atom. The molecule has 1 fully saturated rings. The van der Waals surface area contributed by atoms with Crippen molar-refractivity contribution in [2.24, 2.45) is 10.7 Å². The van der Waals surface area contributed by atoms with Crippen molar-refractivity contribution in [1.82, 2.24) is 10.2 Å². The molecule has 9 heteroatoms.